The Morgan fingerprint density at radius 1 is 0.596 bits per heavy atom. The SMILES string of the molecule is O=S(=O)([O-])c1cccc(Nc2nc(Cl)nc(Nc3cc(S(=O)(=O)[O-])cc4cc(S(=O)(=O)[O-])c(N=Nc5cc(S(=O)(=O)[O-])cc(Cl)c5[O-])c([O-])c34)n2)c1.[Cu+2].[Na+].[Na+].[Na+].[Na+]. The van der Waals surface area contributed by atoms with Crippen LogP contribution in [0.25, 0.3) is 10.8 Å². The number of anilines is 4. The van der Waals surface area contributed by atoms with Gasteiger partial charge in [-0.2, -0.15) is 20.1 Å². The van der Waals surface area contributed by atoms with Crippen molar-refractivity contribution >= 4 is 109 Å². The summed E-state index contributed by atoms with van der Waals surface area (Å²) in [5.74, 6) is -3.76. The van der Waals surface area contributed by atoms with E-state index < -0.39 is 122 Å². The molecular formula is C25H11Cl2CuN7Na4O14S4. The van der Waals surface area contributed by atoms with E-state index in [1.54, 1.807) is 0 Å². The molecule has 1 radical (unpaired) electrons. The second kappa shape index (κ2) is 21.7. The fourth-order valence-corrected chi connectivity index (χ4v) is 6.94. The molecule has 21 nitrogen and oxygen atoms in total. The van der Waals surface area contributed by atoms with Crippen LogP contribution < -0.4 is 139 Å². The first kappa shape index (κ1) is 56.7. The van der Waals surface area contributed by atoms with Crippen LogP contribution in [0.5, 0.6) is 11.5 Å². The minimum atomic E-state index is -5.69. The van der Waals surface area contributed by atoms with Gasteiger partial charge in [-0.1, -0.05) is 29.2 Å². The van der Waals surface area contributed by atoms with Gasteiger partial charge in [0.05, 0.1) is 31.0 Å². The van der Waals surface area contributed by atoms with Crippen molar-refractivity contribution in [3.05, 3.63) is 64.9 Å². The molecule has 32 heteroatoms. The van der Waals surface area contributed by atoms with Gasteiger partial charge in [0.25, 0.3) is 0 Å². The second-order valence-corrected chi connectivity index (χ2v) is 16.2. The van der Waals surface area contributed by atoms with Crippen molar-refractivity contribution in [2.45, 2.75) is 19.6 Å². The maximum absolute atomic E-state index is 13.8. The summed E-state index contributed by atoms with van der Waals surface area (Å²) in [5, 5.41) is 35.2. The zero-order chi connectivity index (χ0) is 38.6. The first-order valence-electron chi connectivity index (χ1n) is 13.0. The Hall–Kier alpha value is -0.311. The Balaban J connectivity index is 0.00000627. The van der Waals surface area contributed by atoms with Crippen molar-refractivity contribution in [2.75, 3.05) is 10.6 Å². The molecule has 0 atom stereocenters. The zero-order valence-electron chi connectivity index (χ0n) is 28.8. The first-order chi connectivity index (χ1) is 23.9. The van der Waals surface area contributed by atoms with Gasteiger partial charge in [-0.15, -0.1) is 5.11 Å². The van der Waals surface area contributed by atoms with Gasteiger partial charge < -0.3 is 39.1 Å². The Bertz CT molecular complexity index is 2830. The molecule has 4 aromatic carbocycles. The summed E-state index contributed by atoms with van der Waals surface area (Å²) in [6.45, 7) is 0. The van der Waals surface area contributed by atoms with Crippen LogP contribution in [0.2, 0.25) is 10.3 Å². The predicted molar refractivity (Wildman–Crippen MR) is 168 cm³/mol. The third-order valence-electron chi connectivity index (χ3n) is 6.44. The molecule has 0 aliphatic heterocycles. The normalized spacial score (nSPS) is 11.6. The van der Waals surface area contributed by atoms with E-state index in [1.165, 1.54) is 12.1 Å². The van der Waals surface area contributed by atoms with Gasteiger partial charge in [0.2, 0.25) is 17.2 Å². The summed E-state index contributed by atoms with van der Waals surface area (Å²) in [5.41, 5.74) is -2.99. The summed E-state index contributed by atoms with van der Waals surface area (Å²) in [4.78, 5) is 7.29. The third kappa shape index (κ3) is 14.1. The Morgan fingerprint density at radius 2 is 1.14 bits per heavy atom. The number of aromatic nitrogens is 3. The van der Waals surface area contributed by atoms with Gasteiger partial charge >= 0.3 is 135 Å². The maximum Gasteiger partial charge on any atom is 2.00 e. The summed E-state index contributed by atoms with van der Waals surface area (Å²) in [6, 6.07) is 6.90. The van der Waals surface area contributed by atoms with Crippen LogP contribution in [0.3, 0.4) is 0 Å². The standard InChI is InChI=1S/C25H17Cl2N7O14S4.Cu.4Na/c26-15-7-14(51(43,44)45)9-17(21(15)35)33-34-20-18(52(46,47)48)5-10-4-13(50(40,41)42)8-16(19(10)22(20)36)29-25-31-23(27)30-24(32-25)28-11-2-1-3-12(6-11)49(37,38)39;;;;;/h1-9,35-36H,(H,37,38,39)(H,40,41,42)(H,43,44,45)(H,46,47,48)(H2,28,29,30,31,32);;;;;/q;+2;4*+1/p-6. The third-order valence-corrected chi connectivity index (χ3v) is 10.2. The molecule has 1 heterocycles. The largest absolute Gasteiger partial charge is 2.00 e. The molecule has 0 spiro atoms. The predicted octanol–water partition coefficient (Wildman–Crippen LogP) is -9.99. The molecule has 0 aliphatic rings. The van der Waals surface area contributed by atoms with Crippen LogP contribution in [0.15, 0.2) is 84.4 Å². The van der Waals surface area contributed by atoms with E-state index in [2.05, 4.69) is 35.8 Å². The minimum absolute atomic E-state index is 0. The molecule has 57 heavy (non-hydrogen) atoms. The molecule has 0 aliphatic carbocycles. The summed E-state index contributed by atoms with van der Waals surface area (Å²) >= 11 is 11.7. The molecule has 0 bridgehead atoms. The molecule has 5 aromatic rings. The number of hydrogen-bond donors (Lipinski definition) is 2. The van der Waals surface area contributed by atoms with Crippen molar-refractivity contribution in [2.24, 2.45) is 10.2 Å². The van der Waals surface area contributed by atoms with Crippen molar-refractivity contribution in [1.82, 2.24) is 15.0 Å². The average Bonchev–Trinajstić information content (AvgIpc) is 3.00. The van der Waals surface area contributed by atoms with Gasteiger partial charge in [-0.25, -0.2) is 33.7 Å². The van der Waals surface area contributed by atoms with E-state index in [4.69, 9.17) is 23.2 Å². The van der Waals surface area contributed by atoms with Crippen LogP contribution in [-0.4, -0.2) is 66.8 Å². The number of benzene rings is 4. The topological polar surface area (TPSA) is 362 Å². The van der Waals surface area contributed by atoms with Crippen LogP contribution in [0.4, 0.5) is 34.6 Å². The number of rotatable bonds is 10. The van der Waals surface area contributed by atoms with E-state index in [0.717, 1.165) is 12.1 Å². The van der Waals surface area contributed by atoms with E-state index in [0.29, 0.717) is 30.3 Å². The molecule has 0 fully saturated rings. The zero-order valence-corrected chi connectivity index (χ0v) is 42.6. The number of nitrogens with one attached hydrogen (secondary N) is 2. The Kier molecular flexibility index (Phi) is 21.5. The number of azo groups is 1. The average molecular weight is 988 g/mol. The van der Waals surface area contributed by atoms with E-state index in [-0.39, 0.29) is 141 Å². The van der Waals surface area contributed by atoms with Crippen molar-refractivity contribution in [3.63, 3.8) is 0 Å². The van der Waals surface area contributed by atoms with Gasteiger partial charge in [0.1, 0.15) is 40.5 Å². The molecule has 0 amide bonds. The molecule has 2 N–H and O–H groups in total. The second-order valence-electron chi connectivity index (χ2n) is 9.92. The van der Waals surface area contributed by atoms with Gasteiger partial charge in [0, 0.05) is 16.4 Å². The van der Waals surface area contributed by atoms with Crippen LogP contribution in [-0.2, 0) is 57.5 Å². The summed E-state index contributed by atoms with van der Waals surface area (Å²) in [7, 11) is -21.2. The van der Waals surface area contributed by atoms with Crippen LogP contribution in [0.1, 0.15) is 0 Å². The number of fused-ring (bicyclic) bond motifs is 1. The Morgan fingerprint density at radius 3 is 1.68 bits per heavy atom. The number of halogens is 2. The van der Waals surface area contributed by atoms with Gasteiger partial charge in [-0.05, 0) is 70.9 Å². The molecule has 0 saturated carbocycles. The Labute approximate surface area is 431 Å². The maximum atomic E-state index is 13.8. The van der Waals surface area contributed by atoms with Crippen molar-refractivity contribution in [3.8, 4) is 11.5 Å². The molecule has 0 unspecified atom stereocenters. The quantitative estimate of drug-likeness (QED) is 0.0745. The molecule has 1 aromatic heterocycles. The monoisotopic (exact) mass is 986 g/mol. The number of hydrogen-bond acceptors (Lipinski definition) is 21. The van der Waals surface area contributed by atoms with Gasteiger partial charge in [0.15, 0.2) is 0 Å². The molecule has 5 rings (SSSR count). The van der Waals surface area contributed by atoms with Gasteiger partial charge in [-0.3, -0.25) is 0 Å². The fourth-order valence-electron chi connectivity index (χ4n) is 4.29. The fraction of sp³-hybridized carbons (Fsp3) is 0. The van der Waals surface area contributed by atoms with E-state index >= 15 is 0 Å². The van der Waals surface area contributed by atoms with Crippen molar-refractivity contribution in [1.29, 1.82) is 0 Å². The van der Waals surface area contributed by atoms with E-state index in [9.17, 15) is 62.1 Å². The summed E-state index contributed by atoms with van der Waals surface area (Å²) < 4.78 is 141. The summed E-state index contributed by atoms with van der Waals surface area (Å²) in [6.07, 6.45) is 0. The number of nitrogens with zero attached hydrogens (tertiary/aromatic N) is 5. The van der Waals surface area contributed by atoms with Crippen molar-refractivity contribution < 1.29 is 197 Å². The first-order valence-corrected chi connectivity index (χ1v) is 19.4. The molecule has 0 saturated heterocycles. The smallest absolute Gasteiger partial charge is 0.870 e. The molecule has 283 valence electrons. The van der Waals surface area contributed by atoms with Crippen LogP contribution in [0, 0.1) is 0 Å². The van der Waals surface area contributed by atoms with E-state index in [1.807, 2.05) is 0 Å². The van der Waals surface area contributed by atoms with Crippen LogP contribution >= 0.6 is 23.2 Å². The molecular weight excluding hydrogens is 977 g/mol. The minimum Gasteiger partial charge on any atom is -0.870 e.